The molecule has 2 saturated carbocycles. The Labute approximate surface area is 227 Å². The molecule has 2 aliphatic carbocycles. The van der Waals surface area contributed by atoms with Crippen LogP contribution in [0, 0.1) is 0 Å². The van der Waals surface area contributed by atoms with Gasteiger partial charge in [0, 0.05) is 23.9 Å². The predicted octanol–water partition coefficient (Wildman–Crippen LogP) is 6.33. The number of benzene rings is 2. The molecule has 1 saturated heterocycles. The number of carbonyl (C=O) groups excluding carboxylic acids is 2. The Balaban J connectivity index is 0.000000157. The molecule has 5 nitrogen and oxygen atoms in total. The average molecular weight is 515 g/mol. The summed E-state index contributed by atoms with van der Waals surface area (Å²) in [5.74, 6) is 0.608. The molecular weight excluding hydrogens is 477 g/mol. The number of aliphatic imine (C=N–C) groups is 1. The summed E-state index contributed by atoms with van der Waals surface area (Å²) in [7, 11) is 4.34. The van der Waals surface area contributed by atoms with Crippen LogP contribution in [0.25, 0.3) is 0 Å². The molecule has 0 amide bonds. The summed E-state index contributed by atoms with van der Waals surface area (Å²) in [6.07, 6.45) is 13.5. The molecule has 3 fully saturated rings. The van der Waals surface area contributed by atoms with E-state index in [2.05, 4.69) is 42.2 Å². The van der Waals surface area contributed by atoms with Crippen molar-refractivity contribution in [1.82, 2.24) is 5.32 Å². The van der Waals surface area contributed by atoms with E-state index in [9.17, 15) is 9.59 Å². The molecule has 0 aromatic heterocycles. The molecule has 193 valence electrons. The molecule has 1 radical (unpaired) electrons. The normalized spacial score (nSPS) is 23.5. The Bertz CT molecular complexity index is 1090. The molecule has 2 aromatic carbocycles. The molecule has 7 heteroatoms. The summed E-state index contributed by atoms with van der Waals surface area (Å²) < 4.78 is 2.69. The number of thiol groups is 1. The summed E-state index contributed by atoms with van der Waals surface area (Å²) in [6, 6.07) is 19.9. The van der Waals surface area contributed by atoms with Gasteiger partial charge in [-0.05, 0) is 31.2 Å². The molecule has 1 atom stereocenters. The number of nitrogens with zero attached hydrogens (tertiary/aromatic N) is 2. The number of rotatable bonds is 2. The van der Waals surface area contributed by atoms with Gasteiger partial charge in [-0.2, -0.15) is 0 Å². The van der Waals surface area contributed by atoms with Gasteiger partial charge in [0.15, 0.2) is 11.6 Å². The van der Waals surface area contributed by atoms with Gasteiger partial charge < -0.3 is 0 Å². The Kier molecular flexibility index (Phi) is 9.66. The number of nitrogens with one attached hydrogen (secondary N) is 1. The Morgan fingerprint density at radius 2 is 1.35 bits per heavy atom. The van der Waals surface area contributed by atoms with Gasteiger partial charge in [0.2, 0.25) is 0 Å². The van der Waals surface area contributed by atoms with Gasteiger partial charge in [-0.25, -0.2) is 0 Å². The van der Waals surface area contributed by atoms with E-state index in [4.69, 9.17) is 4.99 Å². The molecule has 0 bridgehead atoms. The van der Waals surface area contributed by atoms with E-state index in [0.29, 0.717) is 17.9 Å². The minimum atomic E-state index is -0.0608. The van der Waals surface area contributed by atoms with Crippen molar-refractivity contribution in [3.8, 4) is 0 Å². The van der Waals surface area contributed by atoms with E-state index in [-0.39, 0.29) is 22.9 Å². The Morgan fingerprint density at radius 3 is 1.95 bits per heavy atom. The summed E-state index contributed by atoms with van der Waals surface area (Å²) in [5, 5.41) is 3.62. The molecule has 4 aliphatic rings. The van der Waals surface area contributed by atoms with Crippen LogP contribution in [-0.4, -0.2) is 36.0 Å². The van der Waals surface area contributed by atoms with Crippen LogP contribution in [-0.2, 0) is 9.59 Å². The van der Waals surface area contributed by atoms with Gasteiger partial charge in [0.1, 0.15) is 5.71 Å². The van der Waals surface area contributed by atoms with E-state index in [1.807, 2.05) is 48.5 Å². The van der Waals surface area contributed by atoms with Crippen LogP contribution in [0.5, 0.6) is 0 Å². The van der Waals surface area contributed by atoms with Crippen LogP contribution in [0.1, 0.15) is 94.2 Å². The molecule has 1 N–H and O–H groups in total. The standard InChI is InChI=1S/C15H19NO.C15H17NO.BHNS/c2*17-13-11-15(9-5-2-6-10-15)16-14(13)12-7-3-1-4-8-12;1-2-3/h1,3-4,7-8,14,16H,2,5-6,9-11H2;1,3-4,7-8H,2,5-6,9-11H2;3H. The number of ketones is 2. The Hall–Kier alpha value is -2.38. The van der Waals surface area contributed by atoms with Crippen molar-refractivity contribution in [2.45, 2.75) is 94.2 Å². The van der Waals surface area contributed by atoms with Crippen molar-refractivity contribution < 1.29 is 9.59 Å². The van der Waals surface area contributed by atoms with E-state index >= 15 is 0 Å². The molecule has 37 heavy (non-hydrogen) atoms. The van der Waals surface area contributed by atoms with Crippen LogP contribution >= 0.6 is 12.8 Å². The molecule has 2 heterocycles. The van der Waals surface area contributed by atoms with Gasteiger partial charge >= 0.3 is 24.8 Å². The third-order valence-electron chi connectivity index (χ3n) is 8.16. The molecule has 2 aliphatic heterocycles. The SMILES string of the molecule is O=C1CC2(CCCCC2)N=C1c1ccccc1.O=C1CC2(CCCCC2)NC1c1ccccc1.[B]=NS. The van der Waals surface area contributed by atoms with Crippen molar-refractivity contribution in [2.75, 3.05) is 0 Å². The van der Waals surface area contributed by atoms with Gasteiger partial charge in [-0.1, -0.05) is 99.2 Å². The quantitative estimate of drug-likeness (QED) is 0.364. The topological polar surface area (TPSA) is 70.9 Å². The second-order valence-corrected chi connectivity index (χ2v) is 11.0. The van der Waals surface area contributed by atoms with E-state index in [1.165, 1.54) is 51.4 Å². The van der Waals surface area contributed by atoms with Crippen LogP contribution in [0.3, 0.4) is 0 Å². The fourth-order valence-electron chi connectivity index (χ4n) is 6.38. The van der Waals surface area contributed by atoms with Gasteiger partial charge in [-0.15, -0.1) is 0 Å². The second kappa shape index (κ2) is 12.9. The fraction of sp³-hybridized carbons (Fsp3) is 0.500. The molecule has 2 spiro atoms. The van der Waals surface area contributed by atoms with Gasteiger partial charge in [0.25, 0.3) is 0 Å². The molecule has 6 rings (SSSR count). The number of Topliss-reactive ketones (excluding diaryl/α,β-unsaturated/α-hetero) is 2. The fourth-order valence-corrected chi connectivity index (χ4v) is 6.38. The number of hydrogen-bond donors (Lipinski definition) is 2. The first kappa shape index (κ1) is 27.7. The Morgan fingerprint density at radius 1 is 0.811 bits per heavy atom. The van der Waals surface area contributed by atoms with E-state index in [0.717, 1.165) is 30.4 Å². The van der Waals surface area contributed by atoms with Crippen LogP contribution in [0.4, 0.5) is 0 Å². The first-order chi connectivity index (χ1) is 18.0. The number of carbonyl (C=O) groups is 2. The van der Waals surface area contributed by atoms with Crippen molar-refractivity contribution in [2.24, 2.45) is 9.29 Å². The van der Waals surface area contributed by atoms with Crippen LogP contribution < -0.4 is 5.32 Å². The summed E-state index contributed by atoms with van der Waals surface area (Å²) in [6.45, 7) is 0. The summed E-state index contributed by atoms with van der Waals surface area (Å²) >= 11 is 3.19. The van der Waals surface area contributed by atoms with E-state index in [1.54, 1.807) is 0 Å². The first-order valence-electron chi connectivity index (χ1n) is 13.6. The third-order valence-corrected chi connectivity index (χ3v) is 8.16. The predicted molar refractivity (Wildman–Crippen MR) is 153 cm³/mol. The van der Waals surface area contributed by atoms with Crippen molar-refractivity contribution in [3.05, 3.63) is 71.8 Å². The van der Waals surface area contributed by atoms with Crippen molar-refractivity contribution >= 4 is 37.7 Å². The van der Waals surface area contributed by atoms with Crippen LogP contribution in [0.15, 0.2) is 70.0 Å². The zero-order chi connectivity index (χ0) is 26.1. The van der Waals surface area contributed by atoms with Gasteiger partial charge in [-0.3, -0.25) is 19.9 Å². The first-order valence-corrected chi connectivity index (χ1v) is 14.0. The zero-order valence-electron chi connectivity index (χ0n) is 21.6. The monoisotopic (exact) mass is 514 g/mol. The van der Waals surface area contributed by atoms with Crippen molar-refractivity contribution in [1.29, 1.82) is 0 Å². The van der Waals surface area contributed by atoms with Crippen molar-refractivity contribution in [3.63, 3.8) is 0 Å². The molecule has 2 aromatic rings. The van der Waals surface area contributed by atoms with Crippen LogP contribution in [0.2, 0.25) is 0 Å². The summed E-state index contributed by atoms with van der Waals surface area (Å²) in [5.41, 5.74) is 2.91. The third kappa shape index (κ3) is 6.94. The second-order valence-electron chi connectivity index (χ2n) is 10.8. The molecular formula is C30H37BN3O2S. The van der Waals surface area contributed by atoms with Gasteiger partial charge in [0.05, 0.1) is 11.6 Å². The number of hydrogen-bond acceptors (Lipinski definition) is 6. The minimum absolute atomic E-state index is 0.0412. The molecule has 1 unspecified atom stereocenters. The average Bonchev–Trinajstić information content (AvgIpc) is 3.42. The summed E-state index contributed by atoms with van der Waals surface area (Å²) in [4.78, 5) is 29.1. The zero-order valence-corrected chi connectivity index (χ0v) is 22.5. The maximum atomic E-state index is 12.2. The van der Waals surface area contributed by atoms with E-state index < -0.39 is 0 Å². The maximum absolute atomic E-state index is 12.2.